The van der Waals surface area contributed by atoms with E-state index in [-0.39, 0.29) is 5.91 Å². The number of hydrogen-bond acceptors (Lipinski definition) is 5. The standard InChI is InChI=1S/C21H19ClN2O3S2/c1-5-8-23-19(25)18(29-21(23)28)10-14-9-12(2)24(13(14)3)15-6-7-16(17(22)11-15)20(26)27-4/h5-7,9-11H,1,8H2,2-4H3/b18-10-. The fraction of sp³-hybridized carbons (Fsp3) is 0.190. The van der Waals surface area contributed by atoms with Gasteiger partial charge in [0.15, 0.2) is 0 Å². The molecule has 5 nitrogen and oxygen atoms in total. The minimum atomic E-state index is -0.482. The average Bonchev–Trinajstić information content (AvgIpc) is 3.11. The summed E-state index contributed by atoms with van der Waals surface area (Å²) >= 11 is 12.9. The van der Waals surface area contributed by atoms with Gasteiger partial charge in [-0.2, -0.15) is 0 Å². The fourth-order valence-electron chi connectivity index (χ4n) is 3.18. The minimum absolute atomic E-state index is 0.116. The Kier molecular flexibility index (Phi) is 6.31. The van der Waals surface area contributed by atoms with Gasteiger partial charge < -0.3 is 9.30 Å². The lowest BCUT2D eigenvalue weighted by Crippen LogP contribution is -2.27. The zero-order chi connectivity index (χ0) is 21.3. The summed E-state index contributed by atoms with van der Waals surface area (Å²) in [6.07, 6.45) is 3.51. The van der Waals surface area contributed by atoms with Gasteiger partial charge in [0, 0.05) is 23.6 Å². The molecule has 1 amide bonds. The van der Waals surface area contributed by atoms with E-state index in [0.29, 0.717) is 26.4 Å². The van der Waals surface area contributed by atoms with Gasteiger partial charge in [0.25, 0.3) is 5.91 Å². The predicted octanol–water partition coefficient (Wildman–Crippen LogP) is 4.92. The molecule has 0 unspecified atom stereocenters. The molecule has 0 saturated carbocycles. The van der Waals surface area contributed by atoms with E-state index in [0.717, 1.165) is 22.6 Å². The van der Waals surface area contributed by atoms with Crippen LogP contribution in [0.3, 0.4) is 0 Å². The smallest absolute Gasteiger partial charge is 0.339 e. The molecule has 8 heteroatoms. The highest BCUT2D eigenvalue weighted by Crippen LogP contribution is 2.34. The first-order valence-electron chi connectivity index (χ1n) is 8.72. The quantitative estimate of drug-likeness (QED) is 0.282. The van der Waals surface area contributed by atoms with Crippen molar-refractivity contribution in [2.75, 3.05) is 13.7 Å². The van der Waals surface area contributed by atoms with Crippen molar-refractivity contribution < 1.29 is 14.3 Å². The number of ether oxygens (including phenoxy) is 1. The lowest BCUT2D eigenvalue weighted by Gasteiger charge is -2.12. The summed E-state index contributed by atoms with van der Waals surface area (Å²) in [4.78, 5) is 26.5. The number of thioether (sulfide) groups is 1. The van der Waals surface area contributed by atoms with Crippen molar-refractivity contribution in [2.24, 2.45) is 0 Å². The Labute approximate surface area is 184 Å². The second-order valence-electron chi connectivity index (χ2n) is 6.40. The first-order valence-corrected chi connectivity index (χ1v) is 10.3. The van der Waals surface area contributed by atoms with Gasteiger partial charge in [-0.3, -0.25) is 9.69 Å². The SMILES string of the molecule is C=CCN1C(=O)/C(=C/c2cc(C)n(-c3ccc(C(=O)OC)c(Cl)c3)c2C)SC1=S. The van der Waals surface area contributed by atoms with E-state index >= 15 is 0 Å². The van der Waals surface area contributed by atoms with E-state index in [2.05, 4.69) is 6.58 Å². The molecule has 150 valence electrons. The van der Waals surface area contributed by atoms with Crippen molar-refractivity contribution in [3.8, 4) is 5.69 Å². The zero-order valence-corrected chi connectivity index (χ0v) is 18.6. The van der Waals surface area contributed by atoms with Crippen molar-refractivity contribution in [1.82, 2.24) is 9.47 Å². The van der Waals surface area contributed by atoms with Crippen LogP contribution in [0.15, 0.2) is 41.8 Å². The van der Waals surface area contributed by atoms with E-state index < -0.39 is 5.97 Å². The summed E-state index contributed by atoms with van der Waals surface area (Å²) in [5, 5.41) is 0.314. The first-order chi connectivity index (χ1) is 13.8. The van der Waals surface area contributed by atoms with Crippen LogP contribution < -0.4 is 0 Å². The number of carbonyl (C=O) groups is 2. The number of esters is 1. The van der Waals surface area contributed by atoms with Crippen LogP contribution in [0.1, 0.15) is 27.3 Å². The maximum atomic E-state index is 12.6. The predicted molar refractivity (Wildman–Crippen MR) is 122 cm³/mol. The number of amides is 1. The van der Waals surface area contributed by atoms with E-state index in [1.54, 1.807) is 18.2 Å². The molecule has 1 saturated heterocycles. The molecule has 0 bridgehead atoms. The number of aryl methyl sites for hydroxylation is 1. The number of nitrogens with zero attached hydrogens (tertiary/aromatic N) is 2. The lowest BCUT2D eigenvalue weighted by atomic mass is 10.2. The van der Waals surface area contributed by atoms with Gasteiger partial charge in [0.2, 0.25) is 0 Å². The third-order valence-electron chi connectivity index (χ3n) is 4.56. The highest BCUT2D eigenvalue weighted by Gasteiger charge is 2.31. The van der Waals surface area contributed by atoms with Crippen LogP contribution in [0.4, 0.5) is 0 Å². The van der Waals surface area contributed by atoms with Crippen LogP contribution in [-0.4, -0.2) is 39.3 Å². The molecule has 1 fully saturated rings. The zero-order valence-electron chi connectivity index (χ0n) is 16.2. The molecule has 3 rings (SSSR count). The molecular formula is C21H19ClN2O3S2. The summed E-state index contributed by atoms with van der Waals surface area (Å²) in [6.45, 7) is 8.00. The lowest BCUT2D eigenvalue weighted by molar-refractivity contribution is -0.121. The van der Waals surface area contributed by atoms with Crippen molar-refractivity contribution >= 4 is 57.9 Å². The molecule has 29 heavy (non-hydrogen) atoms. The summed E-state index contributed by atoms with van der Waals surface area (Å²) in [5.41, 5.74) is 3.95. The molecule has 0 spiro atoms. The normalized spacial score (nSPS) is 15.3. The maximum Gasteiger partial charge on any atom is 0.339 e. The molecule has 0 radical (unpaired) electrons. The number of rotatable bonds is 5. The molecule has 0 aliphatic carbocycles. The molecule has 2 aromatic rings. The average molecular weight is 447 g/mol. The summed E-state index contributed by atoms with van der Waals surface area (Å²) < 4.78 is 7.29. The first kappa shape index (κ1) is 21.4. The summed E-state index contributed by atoms with van der Waals surface area (Å²) in [7, 11) is 1.32. The summed E-state index contributed by atoms with van der Waals surface area (Å²) in [5.74, 6) is -0.597. The van der Waals surface area contributed by atoms with E-state index in [4.69, 9.17) is 28.6 Å². The monoisotopic (exact) mass is 446 g/mol. The number of thiocarbonyl (C=S) groups is 1. The number of methoxy groups -OCH3 is 1. The van der Waals surface area contributed by atoms with Crippen LogP contribution in [0, 0.1) is 13.8 Å². The molecule has 0 N–H and O–H groups in total. The highest BCUT2D eigenvalue weighted by molar-refractivity contribution is 8.26. The van der Waals surface area contributed by atoms with Gasteiger partial charge in [-0.25, -0.2) is 4.79 Å². The van der Waals surface area contributed by atoms with E-state index in [1.165, 1.54) is 23.8 Å². The van der Waals surface area contributed by atoms with Crippen LogP contribution >= 0.6 is 35.6 Å². The van der Waals surface area contributed by atoms with E-state index in [9.17, 15) is 9.59 Å². The molecule has 0 atom stereocenters. The largest absolute Gasteiger partial charge is 0.465 e. The highest BCUT2D eigenvalue weighted by atomic mass is 35.5. The van der Waals surface area contributed by atoms with Crippen molar-refractivity contribution in [1.29, 1.82) is 0 Å². The topological polar surface area (TPSA) is 51.5 Å². The van der Waals surface area contributed by atoms with Gasteiger partial charge in [-0.05, 0) is 49.8 Å². The Balaban J connectivity index is 1.99. The molecular weight excluding hydrogens is 428 g/mol. The van der Waals surface area contributed by atoms with Crippen LogP contribution in [0.5, 0.6) is 0 Å². The van der Waals surface area contributed by atoms with Crippen LogP contribution in [0.2, 0.25) is 5.02 Å². The van der Waals surface area contributed by atoms with Gasteiger partial charge in [-0.15, -0.1) is 6.58 Å². The maximum absolute atomic E-state index is 12.6. The van der Waals surface area contributed by atoms with E-state index in [1.807, 2.05) is 36.6 Å². The number of carbonyl (C=O) groups excluding carboxylic acids is 2. The molecule has 1 aliphatic heterocycles. The van der Waals surface area contributed by atoms with Crippen molar-refractivity contribution in [3.05, 3.63) is 69.4 Å². The fourth-order valence-corrected chi connectivity index (χ4v) is 4.70. The Morgan fingerprint density at radius 1 is 1.34 bits per heavy atom. The Morgan fingerprint density at radius 3 is 2.69 bits per heavy atom. The molecule has 2 heterocycles. The third-order valence-corrected chi connectivity index (χ3v) is 6.25. The van der Waals surface area contributed by atoms with Gasteiger partial charge in [-0.1, -0.05) is 41.7 Å². The minimum Gasteiger partial charge on any atom is -0.465 e. The number of hydrogen-bond donors (Lipinski definition) is 0. The Bertz CT molecular complexity index is 1070. The van der Waals surface area contributed by atoms with Crippen molar-refractivity contribution in [3.63, 3.8) is 0 Å². The van der Waals surface area contributed by atoms with Crippen molar-refractivity contribution in [2.45, 2.75) is 13.8 Å². The third kappa shape index (κ3) is 4.03. The van der Waals surface area contributed by atoms with Gasteiger partial charge in [0.1, 0.15) is 4.32 Å². The Hall–Kier alpha value is -2.35. The second-order valence-corrected chi connectivity index (χ2v) is 8.48. The molecule has 1 aromatic carbocycles. The Morgan fingerprint density at radius 2 is 2.07 bits per heavy atom. The molecule has 1 aromatic heterocycles. The summed E-state index contributed by atoms with van der Waals surface area (Å²) in [6, 6.07) is 7.17. The second kappa shape index (κ2) is 8.57. The number of aromatic nitrogens is 1. The van der Waals surface area contributed by atoms with Crippen LogP contribution in [0.25, 0.3) is 11.8 Å². The molecule has 1 aliphatic rings. The number of benzene rings is 1. The van der Waals surface area contributed by atoms with Gasteiger partial charge >= 0.3 is 5.97 Å². The number of halogens is 1. The van der Waals surface area contributed by atoms with Gasteiger partial charge in [0.05, 0.1) is 22.6 Å². The van der Waals surface area contributed by atoms with Crippen LogP contribution in [-0.2, 0) is 9.53 Å².